The topological polar surface area (TPSA) is 56.1 Å². The molecule has 2 heterocycles. The van der Waals surface area contributed by atoms with Crippen LogP contribution in [0.1, 0.15) is 20.8 Å². The summed E-state index contributed by atoms with van der Waals surface area (Å²) in [7, 11) is 1.38. The number of benzene rings is 2. The van der Waals surface area contributed by atoms with Gasteiger partial charge in [0.15, 0.2) is 0 Å². The summed E-state index contributed by atoms with van der Waals surface area (Å²) < 4.78 is 6.96. The maximum Gasteiger partial charge on any atom is 0.337 e. The highest BCUT2D eigenvalue weighted by atomic mass is 32.1. The molecular weight excluding hydrogens is 358 g/mol. The summed E-state index contributed by atoms with van der Waals surface area (Å²) in [5.41, 5.74) is 4.36. The minimum absolute atomic E-state index is 0.363. The van der Waals surface area contributed by atoms with Crippen molar-refractivity contribution in [3.8, 4) is 0 Å². The van der Waals surface area contributed by atoms with Crippen LogP contribution in [0.5, 0.6) is 0 Å². The fourth-order valence-electron chi connectivity index (χ4n) is 3.04. The number of nitrogens with one attached hydrogen (secondary N) is 1. The van der Waals surface area contributed by atoms with Crippen LogP contribution in [-0.2, 0) is 11.3 Å². The zero-order chi connectivity index (χ0) is 18.8. The van der Waals surface area contributed by atoms with Crippen molar-refractivity contribution in [2.24, 2.45) is 0 Å². The summed E-state index contributed by atoms with van der Waals surface area (Å²) in [6.45, 7) is 2.77. The van der Waals surface area contributed by atoms with Gasteiger partial charge in [-0.15, -0.1) is 11.3 Å². The molecule has 2 aromatic heterocycles. The fourth-order valence-corrected chi connectivity index (χ4v) is 3.73. The number of hydrogen-bond acceptors (Lipinski definition) is 5. The molecule has 0 aliphatic heterocycles. The van der Waals surface area contributed by atoms with E-state index in [4.69, 9.17) is 9.72 Å². The summed E-state index contributed by atoms with van der Waals surface area (Å²) in [5, 5.41) is 5.49. The molecule has 0 aliphatic rings. The van der Waals surface area contributed by atoms with Crippen molar-refractivity contribution in [2.75, 3.05) is 12.4 Å². The summed E-state index contributed by atoms with van der Waals surface area (Å²) in [6, 6.07) is 17.8. The third kappa shape index (κ3) is 3.57. The molecule has 27 heavy (non-hydrogen) atoms. The molecule has 0 radical (unpaired) electrons. The molecule has 1 N–H and O–H groups in total. The first-order valence-electron chi connectivity index (χ1n) is 8.59. The van der Waals surface area contributed by atoms with Gasteiger partial charge in [0, 0.05) is 10.6 Å². The van der Waals surface area contributed by atoms with E-state index in [0.717, 1.165) is 22.7 Å². The van der Waals surface area contributed by atoms with Crippen molar-refractivity contribution in [1.29, 1.82) is 0 Å². The number of nitrogens with zero attached hydrogens (tertiary/aromatic N) is 2. The first kappa shape index (κ1) is 17.3. The highest BCUT2D eigenvalue weighted by Crippen LogP contribution is 2.26. The van der Waals surface area contributed by atoms with E-state index in [0.29, 0.717) is 12.1 Å². The Labute approximate surface area is 161 Å². The molecule has 0 unspecified atom stereocenters. The largest absolute Gasteiger partial charge is 0.465 e. The van der Waals surface area contributed by atoms with Crippen molar-refractivity contribution >= 4 is 40.0 Å². The monoisotopic (exact) mass is 377 g/mol. The Hall–Kier alpha value is -3.12. The van der Waals surface area contributed by atoms with E-state index in [1.165, 1.54) is 17.6 Å². The smallest absolute Gasteiger partial charge is 0.337 e. The van der Waals surface area contributed by atoms with Gasteiger partial charge in [-0.2, -0.15) is 0 Å². The molecule has 0 aliphatic carbocycles. The van der Waals surface area contributed by atoms with Gasteiger partial charge in [-0.25, -0.2) is 9.78 Å². The first-order valence-corrected chi connectivity index (χ1v) is 9.46. The highest BCUT2D eigenvalue weighted by Gasteiger charge is 2.15. The molecule has 136 valence electrons. The number of fused-ring (bicyclic) bond motifs is 1. The molecule has 0 saturated carbocycles. The lowest BCUT2D eigenvalue weighted by molar-refractivity contribution is 0.0601. The molecular formula is C21H19N3O2S. The third-order valence-corrected chi connectivity index (χ3v) is 5.20. The summed E-state index contributed by atoms with van der Waals surface area (Å²) in [4.78, 5) is 17.8. The van der Waals surface area contributed by atoms with Gasteiger partial charge < -0.3 is 14.6 Å². The van der Waals surface area contributed by atoms with Crippen LogP contribution in [0.25, 0.3) is 11.0 Å². The van der Waals surface area contributed by atoms with Crippen LogP contribution in [0.2, 0.25) is 0 Å². The molecule has 0 spiro atoms. The number of aryl methyl sites for hydroxylation is 1. The molecule has 5 nitrogen and oxygen atoms in total. The summed E-state index contributed by atoms with van der Waals surface area (Å²) in [5.74, 6) is 0.379. The maximum atomic E-state index is 11.9. The molecule has 0 atom stereocenters. The van der Waals surface area contributed by atoms with E-state index in [2.05, 4.69) is 40.4 Å². The first-order chi connectivity index (χ1) is 13.1. The second-order valence-corrected chi connectivity index (χ2v) is 7.32. The predicted molar refractivity (Wildman–Crippen MR) is 109 cm³/mol. The molecule has 2 aromatic carbocycles. The Balaban J connectivity index is 1.80. The average Bonchev–Trinajstić information content (AvgIpc) is 3.29. The highest BCUT2D eigenvalue weighted by molar-refractivity contribution is 7.09. The van der Waals surface area contributed by atoms with Crippen molar-refractivity contribution in [1.82, 2.24) is 9.55 Å². The number of aromatic nitrogens is 2. The van der Waals surface area contributed by atoms with Crippen molar-refractivity contribution < 1.29 is 9.53 Å². The standard InChI is InChI=1S/C21H19N3O2S/c1-14-5-3-6-16(11-14)22-21-23-18-12-15(20(25)26-2)8-9-19(18)24(21)13-17-7-4-10-27-17/h3-12H,13H2,1-2H3,(H,22,23). The average molecular weight is 377 g/mol. The number of methoxy groups -OCH3 is 1. The SMILES string of the molecule is COC(=O)c1ccc2c(c1)nc(Nc1cccc(C)c1)n2Cc1cccs1. The van der Waals surface area contributed by atoms with Crippen LogP contribution in [-0.4, -0.2) is 22.6 Å². The quantitative estimate of drug-likeness (QED) is 0.498. The Kier molecular flexibility index (Phi) is 4.64. The van der Waals surface area contributed by atoms with Gasteiger partial charge in [-0.05, 0) is 54.3 Å². The van der Waals surface area contributed by atoms with Crippen LogP contribution < -0.4 is 5.32 Å². The third-order valence-electron chi connectivity index (χ3n) is 4.34. The van der Waals surface area contributed by atoms with Gasteiger partial charge in [0.25, 0.3) is 0 Å². The number of thiophene rings is 1. The lowest BCUT2D eigenvalue weighted by Crippen LogP contribution is -2.04. The van der Waals surface area contributed by atoms with Gasteiger partial charge >= 0.3 is 5.97 Å². The molecule has 0 bridgehead atoms. The molecule has 4 rings (SSSR count). The van der Waals surface area contributed by atoms with Gasteiger partial charge in [-0.3, -0.25) is 0 Å². The number of ether oxygens (including phenoxy) is 1. The zero-order valence-corrected chi connectivity index (χ0v) is 15.9. The summed E-state index contributed by atoms with van der Waals surface area (Å²) >= 11 is 1.71. The molecule has 0 amide bonds. The number of carbonyl (C=O) groups excluding carboxylic acids is 1. The zero-order valence-electron chi connectivity index (χ0n) is 15.1. The number of esters is 1. The number of anilines is 2. The molecule has 6 heteroatoms. The van der Waals surface area contributed by atoms with Crippen LogP contribution in [0.4, 0.5) is 11.6 Å². The van der Waals surface area contributed by atoms with Gasteiger partial charge in [0.2, 0.25) is 5.95 Å². The minimum Gasteiger partial charge on any atom is -0.465 e. The Morgan fingerprint density at radius 1 is 1.19 bits per heavy atom. The van der Waals surface area contributed by atoms with Crippen LogP contribution in [0.3, 0.4) is 0 Å². The Morgan fingerprint density at radius 3 is 2.81 bits per heavy atom. The van der Waals surface area contributed by atoms with Crippen molar-refractivity contribution in [2.45, 2.75) is 13.5 Å². The van der Waals surface area contributed by atoms with Crippen molar-refractivity contribution in [3.63, 3.8) is 0 Å². The van der Waals surface area contributed by atoms with E-state index in [9.17, 15) is 4.79 Å². The lowest BCUT2D eigenvalue weighted by Gasteiger charge is -2.10. The number of hydrogen-bond donors (Lipinski definition) is 1. The van der Waals surface area contributed by atoms with E-state index in [1.54, 1.807) is 23.5 Å². The number of rotatable bonds is 5. The Morgan fingerprint density at radius 2 is 2.07 bits per heavy atom. The molecule has 0 fully saturated rings. The Bertz CT molecular complexity index is 1100. The predicted octanol–water partition coefficient (Wildman–Crippen LogP) is 4.98. The second kappa shape index (κ2) is 7.25. The van der Waals surface area contributed by atoms with E-state index >= 15 is 0 Å². The maximum absolute atomic E-state index is 11.9. The van der Waals surface area contributed by atoms with Gasteiger partial charge in [0.1, 0.15) is 0 Å². The molecule has 4 aromatic rings. The minimum atomic E-state index is -0.363. The van der Waals surface area contributed by atoms with E-state index < -0.39 is 0 Å². The number of carbonyl (C=O) groups is 1. The van der Waals surface area contributed by atoms with Crippen LogP contribution in [0.15, 0.2) is 60.0 Å². The second-order valence-electron chi connectivity index (χ2n) is 6.29. The lowest BCUT2D eigenvalue weighted by atomic mass is 10.2. The van der Waals surface area contributed by atoms with Crippen molar-refractivity contribution in [3.05, 3.63) is 76.0 Å². The number of imidazole rings is 1. The van der Waals surface area contributed by atoms with Crippen LogP contribution in [0, 0.1) is 6.92 Å². The van der Waals surface area contributed by atoms with Gasteiger partial charge in [-0.1, -0.05) is 18.2 Å². The van der Waals surface area contributed by atoms with E-state index in [-0.39, 0.29) is 5.97 Å². The molecule has 0 saturated heterocycles. The summed E-state index contributed by atoms with van der Waals surface area (Å²) in [6.07, 6.45) is 0. The van der Waals surface area contributed by atoms with Crippen LogP contribution >= 0.6 is 11.3 Å². The fraction of sp³-hybridized carbons (Fsp3) is 0.143. The van der Waals surface area contributed by atoms with Gasteiger partial charge in [0.05, 0.1) is 30.3 Å². The van der Waals surface area contributed by atoms with E-state index in [1.807, 2.05) is 24.3 Å². The normalized spacial score (nSPS) is 10.9.